The van der Waals surface area contributed by atoms with E-state index in [1.54, 1.807) is 13.0 Å². The van der Waals surface area contributed by atoms with E-state index in [4.69, 9.17) is 14.6 Å². The molecular formula is C10H9BrO4. The standard InChI is InChI=1S/C10H9BrO4/c1-5-6(11)4-7-9(8(5)10(12)13)15-3-2-14-7/h4H,2-3H2,1H3,(H,12,13). The number of rotatable bonds is 1. The molecule has 80 valence electrons. The quantitative estimate of drug-likeness (QED) is 0.852. The van der Waals surface area contributed by atoms with Gasteiger partial charge in [-0.25, -0.2) is 4.79 Å². The van der Waals surface area contributed by atoms with Gasteiger partial charge in [0.05, 0.1) is 0 Å². The monoisotopic (exact) mass is 272 g/mol. The summed E-state index contributed by atoms with van der Waals surface area (Å²) in [5, 5.41) is 9.09. The normalized spacial score (nSPS) is 13.7. The Labute approximate surface area is 94.9 Å². The topological polar surface area (TPSA) is 55.8 Å². The van der Waals surface area contributed by atoms with Crippen molar-refractivity contribution in [2.75, 3.05) is 13.2 Å². The molecule has 0 amide bonds. The molecular weight excluding hydrogens is 264 g/mol. The molecule has 0 saturated heterocycles. The Hall–Kier alpha value is -1.23. The van der Waals surface area contributed by atoms with Crippen LogP contribution in [0.3, 0.4) is 0 Å². The van der Waals surface area contributed by atoms with Gasteiger partial charge in [0.25, 0.3) is 0 Å². The lowest BCUT2D eigenvalue weighted by molar-refractivity contribution is 0.0685. The highest BCUT2D eigenvalue weighted by atomic mass is 79.9. The van der Waals surface area contributed by atoms with Gasteiger partial charge in [0.2, 0.25) is 0 Å². The number of hydrogen-bond donors (Lipinski definition) is 1. The predicted molar refractivity (Wildman–Crippen MR) is 56.8 cm³/mol. The van der Waals surface area contributed by atoms with Crippen LogP contribution in [0.15, 0.2) is 10.5 Å². The summed E-state index contributed by atoms with van der Waals surface area (Å²) >= 11 is 3.29. The molecule has 2 rings (SSSR count). The number of carboxylic acid groups (broad SMARTS) is 1. The number of aromatic carboxylic acids is 1. The first kappa shape index (κ1) is 10.3. The van der Waals surface area contributed by atoms with Crippen molar-refractivity contribution in [1.82, 2.24) is 0 Å². The third-order valence-electron chi connectivity index (χ3n) is 2.24. The van der Waals surface area contributed by atoms with Crippen LogP contribution in [-0.2, 0) is 0 Å². The Kier molecular flexibility index (Phi) is 2.56. The second kappa shape index (κ2) is 3.73. The van der Waals surface area contributed by atoms with Crippen molar-refractivity contribution < 1.29 is 19.4 Å². The summed E-state index contributed by atoms with van der Waals surface area (Å²) in [6, 6.07) is 1.73. The molecule has 0 aromatic heterocycles. The fourth-order valence-corrected chi connectivity index (χ4v) is 1.91. The number of ether oxygens (including phenoxy) is 2. The Morgan fingerprint density at radius 1 is 1.47 bits per heavy atom. The number of carboxylic acids is 1. The van der Waals surface area contributed by atoms with Crippen molar-refractivity contribution in [3.63, 3.8) is 0 Å². The average Bonchev–Trinajstić information content (AvgIpc) is 2.19. The van der Waals surface area contributed by atoms with Crippen LogP contribution in [0.2, 0.25) is 0 Å². The van der Waals surface area contributed by atoms with Crippen LogP contribution in [0.4, 0.5) is 0 Å². The fraction of sp³-hybridized carbons (Fsp3) is 0.300. The molecule has 1 aromatic rings. The summed E-state index contributed by atoms with van der Waals surface area (Å²) in [7, 11) is 0. The van der Waals surface area contributed by atoms with Gasteiger partial charge < -0.3 is 14.6 Å². The van der Waals surface area contributed by atoms with E-state index in [2.05, 4.69) is 15.9 Å². The van der Waals surface area contributed by atoms with E-state index in [0.717, 1.165) is 0 Å². The third kappa shape index (κ3) is 1.67. The highest BCUT2D eigenvalue weighted by molar-refractivity contribution is 9.10. The van der Waals surface area contributed by atoms with Crippen molar-refractivity contribution in [2.24, 2.45) is 0 Å². The smallest absolute Gasteiger partial charge is 0.339 e. The number of hydrogen-bond acceptors (Lipinski definition) is 3. The lowest BCUT2D eigenvalue weighted by atomic mass is 10.1. The molecule has 0 spiro atoms. The molecule has 0 fully saturated rings. The third-order valence-corrected chi connectivity index (χ3v) is 3.07. The number of benzene rings is 1. The summed E-state index contributed by atoms with van der Waals surface area (Å²) in [6.07, 6.45) is 0. The van der Waals surface area contributed by atoms with Gasteiger partial charge in [-0.3, -0.25) is 0 Å². The predicted octanol–water partition coefficient (Wildman–Crippen LogP) is 2.23. The fourth-order valence-electron chi connectivity index (χ4n) is 1.51. The molecule has 1 aromatic carbocycles. The molecule has 4 nitrogen and oxygen atoms in total. The van der Waals surface area contributed by atoms with E-state index in [1.165, 1.54) is 0 Å². The van der Waals surface area contributed by atoms with Gasteiger partial charge in [-0.1, -0.05) is 15.9 Å². The zero-order valence-electron chi connectivity index (χ0n) is 8.04. The molecule has 0 aliphatic carbocycles. The molecule has 1 heterocycles. The molecule has 0 unspecified atom stereocenters. The Bertz CT molecular complexity index is 428. The summed E-state index contributed by atoms with van der Waals surface area (Å²) in [4.78, 5) is 11.1. The minimum atomic E-state index is -1.00. The maximum absolute atomic E-state index is 11.1. The molecule has 1 aliphatic heterocycles. The summed E-state index contributed by atoms with van der Waals surface area (Å²) in [5.41, 5.74) is 0.811. The van der Waals surface area contributed by atoms with Crippen molar-refractivity contribution in [3.8, 4) is 11.5 Å². The summed E-state index contributed by atoms with van der Waals surface area (Å²) in [5.74, 6) is -0.193. The summed E-state index contributed by atoms with van der Waals surface area (Å²) < 4.78 is 11.4. The lowest BCUT2D eigenvalue weighted by Gasteiger charge is -2.21. The molecule has 5 heteroatoms. The van der Waals surface area contributed by atoms with E-state index in [0.29, 0.717) is 34.7 Å². The molecule has 0 atom stereocenters. The zero-order chi connectivity index (χ0) is 11.0. The van der Waals surface area contributed by atoms with Crippen LogP contribution >= 0.6 is 15.9 Å². The highest BCUT2D eigenvalue weighted by Gasteiger charge is 2.24. The molecule has 0 saturated carbocycles. The van der Waals surface area contributed by atoms with Crippen LogP contribution in [0, 0.1) is 6.92 Å². The molecule has 1 aliphatic rings. The van der Waals surface area contributed by atoms with Gasteiger partial charge in [-0.05, 0) is 18.6 Å². The van der Waals surface area contributed by atoms with Gasteiger partial charge in [0.1, 0.15) is 18.8 Å². The van der Waals surface area contributed by atoms with Crippen LogP contribution in [0.25, 0.3) is 0 Å². The molecule has 1 N–H and O–H groups in total. The van der Waals surface area contributed by atoms with Crippen molar-refractivity contribution in [2.45, 2.75) is 6.92 Å². The highest BCUT2D eigenvalue weighted by Crippen LogP contribution is 2.39. The van der Waals surface area contributed by atoms with Crippen molar-refractivity contribution in [1.29, 1.82) is 0 Å². The minimum Gasteiger partial charge on any atom is -0.486 e. The maximum Gasteiger partial charge on any atom is 0.339 e. The minimum absolute atomic E-state index is 0.166. The van der Waals surface area contributed by atoms with E-state index < -0.39 is 5.97 Å². The van der Waals surface area contributed by atoms with Gasteiger partial charge >= 0.3 is 5.97 Å². The second-order valence-corrected chi connectivity index (χ2v) is 4.04. The second-order valence-electron chi connectivity index (χ2n) is 3.19. The molecule has 0 radical (unpaired) electrons. The van der Waals surface area contributed by atoms with Crippen LogP contribution in [-0.4, -0.2) is 24.3 Å². The first-order valence-corrected chi connectivity index (χ1v) is 5.22. The lowest BCUT2D eigenvalue weighted by Crippen LogP contribution is -2.18. The Balaban J connectivity index is 2.68. The zero-order valence-corrected chi connectivity index (χ0v) is 9.63. The van der Waals surface area contributed by atoms with Crippen molar-refractivity contribution in [3.05, 3.63) is 21.7 Å². The van der Waals surface area contributed by atoms with Gasteiger partial charge in [-0.15, -0.1) is 0 Å². The van der Waals surface area contributed by atoms with Crippen LogP contribution in [0.1, 0.15) is 15.9 Å². The SMILES string of the molecule is Cc1c(Br)cc2c(c1C(=O)O)OCCO2. The number of fused-ring (bicyclic) bond motifs is 1. The van der Waals surface area contributed by atoms with Crippen LogP contribution < -0.4 is 9.47 Å². The Morgan fingerprint density at radius 2 is 2.13 bits per heavy atom. The molecule has 0 bridgehead atoms. The van der Waals surface area contributed by atoms with E-state index in [1.807, 2.05) is 0 Å². The van der Waals surface area contributed by atoms with E-state index in [9.17, 15) is 4.79 Å². The average molecular weight is 273 g/mol. The number of halogens is 1. The largest absolute Gasteiger partial charge is 0.486 e. The maximum atomic E-state index is 11.1. The van der Waals surface area contributed by atoms with Crippen LogP contribution in [0.5, 0.6) is 11.5 Å². The van der Waals surface area contributed by atoms with E-state index >= 15 is 0 Å². The first-order chi connectivity index (χ1) is 7.11. The first-order valence-electron chi connectivity index (χ1n) is 4.43. The van der Waals surface area contributed by atoms with Gasteiger partial charge in [0.15, 0.2) is 11.5 Å². The molecule has 15 heavy (non-hydrogen) atoms. The van der Waals surface area contributed by atoms with Crippen molar-refractivity contribution >= 4 is 21.9 Å². The van der Waals surface area contributed by atoms with E-state index in [-0.39, 0.29) is 5.56 Å². The number of carbonyl (C=O) groups is 1. The van der Waals surface area contributed by atoms with Gasteiger partial charge in [-0.2, -0.15) is 0 Å². The Morgan fingerprint density at radius 3 is 2.80 bits per heavy atom. The van der Waals surface area contributed by atoms with Gasteiger partial charge in [0, 0.05) is 4.47 Å². The summed E-state index contributed by atoms with van der Waals surface area (Å²) in [6.45, 7) is 2.56.